The van der Waals surface area contributed by atoms with Crippen molar-refractivity contribution in [3.63, 3.8) is 0 Å². The lowest BCUT2D eigenvalue weighted by molar-refractivity contribution is 0.468. The number of ether oxygens (including phenoxy) is 1. The van der Waals surface area contributed by atoms with Crippen LogP contribution in [0.15, 0.2) is 35.8 Å². The average molecular weight is 231 g/mol. The number of nitrogen functional groups attached to an aromatic ring is 1. The van der Waals surface area contributed by atoms with Gasteiger partial charge in [0.25, 0.3) is 0 Å². The van der Waals surface area contributed by atoms with Crippen molar-refractivity contribution >= 4 is 27.4 Å². The fourth-order valence-electron chi connectivity index (χ4n) is 1.53. The number of hydrogen-bond acceptors (Lipinski definition) is 4. The summed E-state index contributed by atoms with van der Waals surface area (Å²) >= 11 is 1.36. The standard InChI is InChI=1S/C11H9N3OS/c12-11-14-10(6-16-11)15-8-1-2-9-7(5-8)3-4-13-9/h1-6,13H,(H2,12,14). The predicted octanol–water partition coefficient (Wildman–Crippen LogP) is 3.00. The molecule has 0 spiro atoms. The van der Waals surface area contributed by atoms with Crippen LogP contribution in [0.1, 0.15) is 0 Å². The molecule has 0 bridgehead atoms. The monoisotopic (exact) mass is 231 g/mol. The first kappa shape index (κ1) is 9.23. The molecule has 0 saturated carbocycles. The van der Waals surface area contributed by atoms with E-state index in [0.717, 1.165) is 16.7 Å². The van der Waals surface area contributed by atoms with Gasteiger partial charge in [-0.15, -0.1) is 11.3 Å². The van der Waals surface area contributed by atoms with Gasteiger partial charge in [0.15, 0.2) is 5.13 Å². The zero-order valence-electron chi connectivity index (χ0n) is 8.31. The van der Waals surface area contributed by atoms with E-state index in [4.69, 9.17) is 10.5 Å². The molecular formula is C11H9N3OS. The third-order valence-corrected chi connectivity index (χ3v) is 2.90. The van der Waals surface area contributed by atoms with Crippen LogP contribution in [0.25, 0.3) is 10.9 Å². The number of nitrogens with two attached hydrogens (primary N) is 1. The van der Waals surface area contributed by atoms with E-state index in [2.05, 4.69) is 9.97 Å². The number of aromatic amines is 1. The van der Waals surface area contributed by atoms with Gasteiger partial charge in [0.1, 0.15) is 5.75 Å². The highest BCUT2D eigenvalue weighted by molar-refractivity contribution is 7.13. The summed E-state index contributed by atoms with van der Waals surface area (Å²) in [6.45, 7) is 0. The molecule has 0 atom stereocenters. The Labute approximate surface area is 95.7 Å². The van der Waals surface area contributed by atoms with Crippen LogP contribution >= 0.6 is 11.3 Å². The Hall–Kier alpha value is -2.01. The summed E-state index contributed by atoms with van der Waals surface area (Å²) in [6, 6.07) is 7.83. The van der Waals surface area contributed by atoms with Gasteiger partial charge in [-0.05, 0) is 24.3 Å². The number of nitrogens with zero attached hydrogens (tertiary/aromatic N) is 1. The largest absolute Gasteiger partial charge is 0.438 e. The fourth-order valence-corrected chi connectivity index (χ4v) is 2.00. The maximum atomic E-state index is 5.58. The minimum Gasteiger partial charge on any atom is -0.438 e. The molecule has 2 heterocycles. The number of fused-ring (bicyclic) bond motifs is 1. The number of H-pyrrole nitrogens is 1. The highest BCUT2D eigenvalue weighted by Crippen LogP contribution is 2.26. The molecule has 3 aromatic rings. The van der Waals surface area contributed by atoms with E-state index in [1.807, 2.05) is 30.5 Å². The van der Waals surface area contributed by atoms with E-state index in [9.17, 15) is 0 Å². The normalized spacial score (nSPS) is 10.8. The highest BCUT2D eigenvalue weighted by atomic mass is 32.1. The molecule has 0 aliphatic heterocycles. The third-order valence-electron chi connectivity index (χ3n) is 2.25. The fraction of sp³-hybridized carbons (Fsp3) is 0. The first-order chi connectivity index (χ1) is 7.81. The number of aromatic nitrogens is 2. The lowest BCUT2D eigenvalue weighted by Crippen LogP contribution is -1.86. The number of thiazole rings is 1. The SMILES string of the molecule is Nc1nc(Oc2ccc3[nH]ccc3c2)cs1. The molecule has 4 nitrogen and oxygen atoms in total. The topological polar surface area (TPSA) is 63.9 Å². The Morgan fingerprint density at radius 2 is 2.25 bits per heavy atom. The van der Waals surface area contributed by atoms with Crippen molar-refractivity contribution in [3.05, 3.63) is 35.8 Å². The molecule has 3 N–H and O–H groups in total. The predicted molar refractivity (Wildman–Crippen MR) is 64.9 cm³/mol. The van der Waals surface area contributed by atoms with Crippen molar-refractivity contribution in [2.45, 2.75) is 0 Å². The Bertz CT molecular complexity index is 629. The lowest BCUT2D eigenvalue weighted by atomic mass is 10.2. The molecule has 3 rings (SSSR count). The molecule has 0 fully saturated rings. The van der Waals surface area contributed by atoms with Crippen LogP contribution in [0.4, 0.5) is 5.13 Å². The number of rotatable bonds is 2. The van der Waals surface area contributed by atoms with Crippen molar-refractivity contribution in [2.75, 3.05) is 5.73 Å². The van der Waals surface area contributed by atoms with Crippen LogP contribution in [0, 0.1) is 0 Å². The first-order valence-electron chi connectivity index (χ1n) is 4.77. The minimum atomic E-state index is 0.512. The second-order valence-electron chi connectivity index (χ2n) is 3.35. The van der Waals surface area contributed by atoms with E-state index >= 15 is 0 Å². The summed E-state index contributed by atoms with van der Waals surface area (Å²) in [5.74, 6) is 1.30. The average Bonchev–Trinajstić information content (AvgIpc) is 2.87. The number of benzene rings is 1. The van der Waals surface area contributed by atoms with Gasteiger partial charge in [-0.2, -0.15) is 4.98 Å². The van der Waals surface area contributed by atoms with Crippen molar-refractivity contribution in [1.82, 2.24) is 9.97 Å². The van der Waals surface area contributed by atoms with Gasteiger partial charge in [-0.1, -0.05) is 0 Å². The van der Waals surface area contributed by atoms with Crippen LogP contribution in [0.3, 0.4) is 0 Å². The van der Waals surface area contributed by atoms with Crippen LogP contribution in [0.5, 0.6) is 11.6 Å². The second kappa shape index (κ2) is 3.53. The summed E-state index contributed by atoms with van der Waals surface area (Å²) in [5, 5.41) is 3.41. The third kappa shape index (κ3) is 1.61. The Balaban J connectivity index is 1.94. The molecule has 1 aromatic carbocycles. The van der Waals surface area contributed by atoms with E-state index in [0.29, 0.717) is 11.0 Å². The zero-order valence-corrected chi connectivity index (χ0v) is 9.12. The number of hydrogen-bond donors (Lipinski definition) is 2. The van der Waals surface area contributed by atoms with Crippen LogP contribution in [-0.2, 0) is 0 Å². The summed E-state index contributed by atoms with van der Waals surface area (Å²) in [7, 11) is 0. The van der Waals surface area contributed by atoms with Gasteiger partial charge in [0.2, 0.25) is 5.88 Å². The van der Waals surface area contributed by atoms with Crippen LogP contribution < -0.4 is 10.5 Å². The molecule has 80 valence electrons. The smallest absolute Gasteiger partial charge is 0.231 e. The summed E-state index contributed by atoms with van der Waals surface area (Å²) in [4.78, 5) is 7.17. The van der Waals surface area contributed by atoms with Crippen molar-refractivity contribution < 1.29 is 4.74 Å². The summed E-state index contributed by atoms with van der Waals surface area (Å²) in [6.07, 6.45) is 1.90. The first-order valence-corrected chi connectivity index (χ1v) is 5.65. The van der Waals surface area contributed by atoms with Crippen molar-refractivity contribution in [2.24, 2.45) is 0 Å². The Kier molecular flexibility index (Phi) is 2.04. The van der Waals surface area contributed by atoms with Crippen molar-refractivity contribution in [3.8, 4) is 11.6 Å². The van der Waals surface area contributed by atoms with Gasteiger partial charge < -0.3 is 15.5 Å². The molecular weight excluding hydrogens is 222 g/mol. The van der Waals surface area contributed by atoms with Gasteiger partial charge in [0, 0.05) is 17.1 Å². The molecule has 0 aliphatic rings. The van der Waals surface area contributed by atoms with Crippen molar-refractivity contribution in [1.29, 1.82) is 0 Å². The number of nitrogens with one attached hydrogen (secondary N) is 1. The highest BCUT2D eigenvalue weighted by Gasteiger charge is 2.02. The number of anilines is 1. The van der Waals surface area contributed by atoms with E-state index in [1.54, 1.807) is 5.38 Å². The molecule has 0 amide bonds. The maximum Gasteiger partial charge on any atom is 0.231 e. The van der Waals surface area contributed by atoms with Gasteiger partial charge in [0.05, 0.1) is 5.38 Å². The molecule has 5 heteroatoms. The molecule has 0 unspecified atom stereocenters. The van der Waals surface area contributed by atoms with Gasteiger partial charge in [-0.25, -0.2) is 0 Å². The quantitative estimate of drug-likeness (QED) is 0.712. The lowest BCUT2D eigenvalue weighted by Gasteiger charge is -2.01. The molecule has 0 radical (unpaired) electrons. The van der Waals surface area contributed by atoms with Gasteiger partial charge >= 0.3 is 0 Å². The zero-order chi connectivity index (χ0) is 11.0. The van der Waals surface area contributed by atoms with E-state index in [-0.39, 0.29) is 0 Å². The minimum absolute atomic E-state index is 0.512. The van der Waals surface area contributed by atoms with E-state index in [1.165, 1.54) is 11.3 Å². The second-order valence-corrected chi connectivity index (χ2v) is 4.24. The Morgan fingerprint density at radius 3 is 3.06 bits per heavy atom. The summed E-state index contributed by atoms with van der Waals surface area (Å²) in [5.41, 5.74) is 6.62. The van der Waals surface area contributed by atoms with Crippen LogP contribution in [-0.4, -0.2) is 9.97 Å². The van der Waals surface area contributed by atoms with Gasteiger partial charge in [-0.3, -0.25) is 0 Å². The summed E-state index contributed by atoms with van der Waals surface area (Å²) < 4.78 is 5.58. The maximum absolute atomic E-state index is 5.58. The molecule has 0 saturated heterocycles. The molecule has 0 aliphatic carbocycles. The molecule has 2 aromatic heterocycles. The van der Waals surface area contributed by atoms with Crippen LogP contribution in [0.2, 0.25) is 0 Å². The molecule has 16 heavy (non-hydrogen) atoms. The Morgan fingerprint density at radius 1 is 1.31 bits per heavy atom. The van der Waals surface area contributed by atoms with E-state index < -0.39 is 0 Å².